The Labute approximate surface area is 193 Å². The molecular weight excluding hydrogens is 422 g/mol. The van der Waals surface area contributed by atoms with Crippen molar-refractivity contribution in [1.82, 2.24) is 9.47 Å². The first-order valence-electron chi connectivity index (χ1n) is 11.3. The van der Waals surface area contributed by atoms with Crippen LogP contribution in [0.2, 0.25) is 5.02 Å². The second-order valence-electron chi connectivity index (χ2n) is 9.40. The first-order valence-corrected chi connectivity index (χ1v) is 11.7. The fourth-order valence-electron chi connectivity index (χ4n) is 5.72. The van der Waals surface area contributed by atoms with E-state index in [-0.39, 0.29) is 11.1 Å². The SMILES string of the molecule is COc1ccc2c(c1)N[C@]1(COC3(CCN(Cc4ccc(Cl)cc4)CC3)C1)c1cccn1-2. The summed E-state index contributed by atoms with van der Waals surface area (Å²) in [5.74, 6) is 0.867. The van der Waals surface area contributed by atoms with Gasteiger partial charge in [-0.3, -0.25) is 4.90 Å². The highest BCUT2D eigenvalue weighted by Gasteiger charge is 2.53. The molecule has 0 aliphatic carbocycles. The van der Waals surface area contributed by atoms with Crippen LogP contribution in [0.25, 0.3) is 5.69 Å². The van der Waals surface area contributed by atoms with E-state index in [0.29, 0.717) is 6.61 Å². The topological polar surface area (TPSA) is 38.7 Å². The van der Waals surface area contributed by atoms with Gasteiger partial charge in [-0.1, -0.05) is 23.7 Å². The Morgan fingerprint density at radius 2 is 1.91 bits per heavy atom. The van der Waals surface area contributed by atoms with Crippen molar-refractivity contribution in [3.63, 3.8) is 0 Å². The Bertz CT molecular complexity index is 1130. The van der Waals surface area contributed by atoms with Crippen molar-refractivity contribution in [3.8, 4) is 11.4 Å². The number of hydrogen-bond acceptors (Lipinski definition) is 4. The Balaban J connectivity index is 1.21. The lowest BCUT2D eigenvalue weighted by Crippen LogP contribution is -2.46. The number of nitrogens with zero attached hydrogens (tertiary/aromatic N) is 2. The molecular formula is C26H28ClN3O2. The average Bonchev–Trinajstić information content (AvgIpc) is 3.44. The third kappa shape index (κ3) is 3.31. The largest absolute Gasteiger partial charge is 0.497 e. The molecule has 3 aliphatic rings. The van der Waals surface area contributed by atoms with E-state index in [1.165, 1.54) is 11.3 Å². The van der Waals surface area contributed by atoms with Crippen molar-refractivity contribution in [2.45, 2.75) is 36.9 Å². The van der Waals surface area contributed by atoms with Crippen LogP contribution >= 0.6 is 11.6 Å². The Kier molecular flexibility index (Phi) is 4.75. The Morgan fingerprint density at radius 1 is 1.09 bits per heavy atom. The zero-order valence-electron chi connectivity index (χ0n) is 18.3. The van der Waals surface area contributed by atoms with Gasteiger partial charge in [0.2, 0.25) is 0 Å². The van der Waals surface area contributed by atoms with Gasteiger partial charge in [-0.2, -0.15) is 0 Å². The van der Waals surface area contributed by atoms with E-state index in [4.69, 9.17) is 21.1 Å². The van der Waals surface area contributed by atoms with Crippen LogP contribution in [-0.4, -0.2) is 41.9 Å². The summed E-state index contributed by atoms with van der Waals surface area (Å²) in [5, 5.41) is 4.66. The maximum Gasteiger partial charge on any atom is 0.121 e. The zero-order chi connectivity index (χ0) is 21.8. The number of likely N-dealkylation sites (tertiary alicyclic amines) is 1. The fourth-order valence-corrected chi connectivity index (χ4v) is 5.84. The molecule has 0 unspecified atom stereocenters. The van der Waals surface area contributed by atoms with Crippen LogP contribution in [0.4, 0.5) is 5.69 Å². The van der Waals surface area contributed by atoms with Gasteiger partial charge in [0.1, 0.15) is 11.3 Å². The summed E-state index contributed by atoms with van der Waals surface area (Å²) in [4.78, 5) is 2.53. The van der Waals surface area contributed by atoms with Gasteiger partial charge in [-0.15, -0.1) is 0 Å². The molecule has 1 atom stereocenters. The quantitative estimate of drug-likeness (QED) is 0.595. The maximum atomic E-state index is 6.64. The number of rotatable bonds is 3. The summed E-state index contributed by atoms with van der Waals surface area (Å²) >= 11 is 6.04. The van der Waals surface area contributed by atoms with E-state index < -0.39 is 0 Å². The Hall–Kier alpha value is -2.47. The Morgan fingerprint density at radius 3 is 2.69 bits per heavy atom. The minimum absolute atomic E-state index is 0.0744. The summed E-state index contributed by atoms with van der Waals surface area (Å²) in [7, 11) is 1.72. The van der Waals surface area contributed by atoms with Crippen LogP contribution in [0.15, 0.2) is 60.8 Å². The average molecular weight is 450 g/mol. The smallest absolute Gasteiger partial charge is 0.121 e. The fraction of sp³-hybridized carbons (Fsp3) is 0.385. The van der Waals surface area contributed by atoms with E-state index >= 15 is 0 Å². The van der Waals surface area contributed by atoms with E-state index in [1.807, 2.05) is 18.2 Å². The molecule has 32 heavy (non-hydrogen) atoms. The maximum absolute atomic E-state index is 6.64. The molecule has 6 rings (SSSR count). The minimum Gasteiger partial charge on any atom is -0.497 e. The predicted molar refractivity (Wildman–Crippen MR) is 127 cm³/mol. The summed E-state index contributed by atoms with van der Waals surface area (Å²) in [6.07, 6.45) is 5.24. The molecule has 2 fully saturated rings. The van der Waals surface area contributed by atoms with Gasteiger partial charge in [0, 0.05) is 43.3 Å². The normalized spacial score (nSPS) is 23.7. The number of anilines is 1. The first-order chi connectivity index (χ1) is 15.6. The van der Waals surface area contributed by atoms with E-state index in [1.54, 1.807) is 7.11 Å². The molecule has 2 saturated heterocycles. The molecule has 0 saturated carbocycles. The molecule has 5 nitrogen and oxygen atoms in total. The van der Waals surface area contributed by atoms with Crippen LogP contribution in [0.1, 0.15) is 30.5 Å². The van der Waals surface area contributed by atoms with Crippen LogP contribution in [0.5, 0.6) is 5.75 Å². The molecule has 0 amide bonds. The summed E-state index contributed by atoms with van der Waals surface area (Å²) in [6, 6.07) is 18.8. The van der Waals surface area contributed by atoms with Crippen molar-refractivity contribution in [3.05, 3.63) is 77.1 Å². The number of fused-ring (bicyclic) bond motifs is 4. The van der Waals surface area contributed by atoms with Crippen LogP contribution in [-0.2, 0) is 16.8 Å². The highest BCUT2D eigenvalue weighted by molar-refractivity contribution is 6.30. The van der Waals surface area contributed by atoms with Crippen LogP contribution in [0.3, 0.4) is 0 Å². The number of hydrogen-bond donors (Lipinski definition) is 1. The van der Waals surface area contributed by atoms with E-state index in [2.05, 4.69) is 57.4 Å². The molecule has 0 radical (unpaired) electrons. The third-order valence-electron chi connectivity index (χ3n) is 7.41. The number of benzene rings is 2. The van der Waals surface area contributed by atoms with Gasteiger partial charge in [-0.25, -0.2) is 0 Å². The monoisotopic (exact) mass is 449 g/mol. The summed E-state index contributed by atoms with van der Waals surface area (Å²) in [6.45, 7) is 3.74. The molecule has 2 aromatic carbocycles. The van der Waals surface area contributed by atoms with Gasteiger partial charge < -0.3 is 19.4 Å². The lowest BCUT2D eigenvalue weighted by Gasteiger charge is -2.41. The molecule has 166 valence electrons. The van der Waals surface area contributed by atoms with E-state index in [0.717, 1.165) is 61.0 Å². The summed E-state index contributed by atoms with van der Waals surface area (Å²) < 4.78 is 14.4. The highest BCUT2D eigenvalue weighted by Crippen LogP contribution is 2.50. The molecule has 4 heterocycles. The van der Waals surface area contributed by atoms with Crippen LogP contribution in [0, 0.1) is 0 Å². The second kappa shape index (κ2) is 7.55. The molecule has 3 aromatic rings. The second-order valence-corrected chi connectivity index (χ2v) is 9.84. The predicted octanol–water partition coefficient (Wildman–Crippen LogP) is 5.22. The number of nitrogens with one attached hydrogen (secondary N) is 1. The van der Waals surface area contributed by atoms with Gasteiger partial charge in [0.15, 0.2) is 0 Å². The molecule has 1 aromatic heterocycles. The number of ether oxygens (including phenoxy) is 2. The first kappa shape index (κ1) is 20.2. The number of aromatic nitrogens is 1. The van der Waals surface area contributed by atoms with Crippen LogP contribution < -0.4 is 10.1 Å². The van der Waals surface area contributed by atoms with Gasteiger partial charge in [-0.05, 0) is 54.8 Å². The van der Waals surface area contributed by atoms with Crippen molar-refractivity contribution in [1.29, 1.82) is 0 Å². The number of halogens is 1. The lowest BCUT2D eigenvalue weighted by molar-refractivity contribution is -0.0451. The van der Waals surface area contributed by atoms with Gasteiger partial charge in [0.25, 0.3) is 0 Å². The van der Waals surface area contributed by atoms with Crippen molar-refractivity contribution in [2.24, 2.45) is 0 Å². The molecule has 1 N–H and O–H groups in total. The molecule has 3 aliphatic heterocycles. The molecule has 0 bridgehead atoms. The summed E-state index contributed by atoms with van der Waals surface area (Å²) in [5.41, 5.74) is 4.59. The van der Waals surface area contributed by atoms with Crippen molar-refractivity contribution in [2.75, 3.05) is 32.1 Å². The molecule has 6 heteroatoms. The van der Waals surface area contributed by atoms with Crippen molar-refractivity contribution >= 4 is 17.3 Å². The lowest BCUT2D eigenvalue weighted by atomic mass is 9.79. The number of methoxy groups -OCH3 is 1. The van der Waals surface area contributed by atoms with E-state index in [9.17, 15) is 0 Å². The van der Waals surface area contributed by atoms with Gasteiger partial charge in [0.05, 0.1) is 36.4 Å². The zero-order valence-corrected chi connectivity index (χ0v) is 19.1. The highest BCUT2D eigenvalue weighted by atomic mass is 35.5. The van der Waals surface area contributed by atoms with Gasteiger partial charge >= 0.3 is 0 Å². The molecule has 2 spiro atoms. The third-order valence-corrected chi connectivity index (χ3v) is 7.66. The minimum atomic E-state index is -0.207. The van der Waals surface area contributed by atoms with Crippen molar-refractivity contribution < 1.29 is 9.47 Å². The standard InChI is InChI=1S/C26H28ClN3O2/c1-31-21-8-9-23-22(15-21)28-26(24-3-2-12-30(23)24)17-25(32-18-26)10-13-29(14-11-25)16-19-4-6-20(27)7-5-19/h2-9,12,15,28H,10-11,13-14,16-18H2,1H3/t26-/m1/s1. The number of piperidine rings is 1.